The van der Waals surface area contributed by atoms with Gasteiger partial charge < -0.3 is 0 Å². The van der Waals surface area contributed by atoms with E-state index in [9.17, 15) is 0 Å². The summed E-state index contributed by atoms with van der Waals surface area (Å²) in [6.45, 7) is 14.0. The minimum absolute atomic E-state index is 0.484. The van der Waals surface area contributed by atoms with Crippen LogP contribution in [-0.2, 0) is 0 Å². The SMILES string of the molecule is CCCCC(C)c1cc(-c2ccc(-c3ccc(C(C)CC)cc3)cc2)c(C(C)CCCC)cc1-c1ccc(-c2ccc(Br)cc2)cc1. The van der Waals surface area contributed by atoms with Gasteiger partial charge in [-0.25, -0.2) is 0 Å². The first-order chi connectivity index (χ1) is 22.8. The van der Waals surface area contributed by atoms with Crippen LogP contribution in [0.2, 0.25) is 0 Å². The van der Waals surface area contributed by atoms with Gasteiger partial charge in [0.25, 0.3) is 0 Å². The molecule has 0 amide bonds. The predicted octanol–water partition coefficient (Wildman–Crippen LogP) is 15.2. The van der Waals surface area contributed by atoms with E-state index in [4.69, 9.17) is 0 Å². The molecule has 0 nitrogen and oxygen atoms in total. The predicted molar refractivity (Wildman–Crippen MR) is 210 cm³/mol. The zero-order valence-corrected chi connectivity index (χ0v) is 31.0. The molecule has 244 valence electrons. The molecule has 5 aromatic carbocycles. The van der Waals surface area contributed by atoms with Crippen LogP contribution in [0.1, 0.15) is 121 Å². The molecule has 0 saturated heterocycles. The maximum atomic E-state index is 3.58. The molecule has 3 unspecified atom stereocenters. The molecule has 0 aliphatic rings. The molecule has 0 fully saturated rings. The Labute approximate surface area is 293 Å². The lowest BCUT2D eigenvalue weighted by Crippen LogP contribution is -2.04. The van der Waals surface area contributed by atoms with E-state index in [0.29, 0.717) is 17.8 Å². The molecule has 0 spiro atoms. The number of hydrogen-bond donors (Lipinski definition) is 0. The monoisotopic (exact) mass is 684 g/mol. The molecule has 1 heteroatoms. The highest BCUT2D eigenvalue weighted by Gasteiger charge is 2.20. The van der Waals surface area contributed by atoms with Crippen molar-refractivity contribution >= 4 is 15.9 Å². The average molecular weight is 686 g/mol. The van der Waals surface area contributed by atoms with Crippen molar-refractivity contribution in [3.8, 4) is 44.5 Å². The summed E-state index contributed by atoms with van der Waals surface area (Å²) >= 11 is 3.58. The van der Waals surface area contributed by atoms with Gasteiger partial charge in [-0.3, -0.25) is 0 Å². The van der Waals surface area contributed by atoms with Crippen molar-refractivity contribution in [3.63, 3.8) is 0 Å². The Hall–Kier alpha value is -3.42. The van der Waals surface area contributed by atoms with Crippen molar-refractivity contribution in [1.29, 1.82) is 0 Å². The Morgan fingerprint density at radius 2 is 0.787 bits per heavy atom. The summed E-state index contributed by atoms with van der Waals surface area (Å²) in [6, 6.07) is 41.5. The lowest BCUT2D eigenvalue weighted by atomic mass is 9.80. The molecule has 47 heavy (non-hydrogen) atoms. The first-order valence-electron chi connectivity index (χ1n) is 18.1. The number of benzene rings is 5. The van der Waals surface area contributed by atoms with E-state index >= 15 is 0 Å². The molecule has 0 bridgehead atoms. The fourth-order valence-corrected chi connectivity index (χ4v) is 7.11. The lowest BCUT2D eigenvalue weighted by Gasteiger charge is -2.24. The Bertz CT molecular complexity index is 1690. The Balaban J connectivity index is 1.58. The minimum Gasteiger partial charge on any atom is -0.0654 e. The molecule has 5 aromatic rings. The van der Waals surface area contributed by atoms with Gasteiger partial charge in [-0.15, -0.1) is 0 Å². The minimum atomic E-state index is 0.484. The van der Waals surface area contributed by atoms with Crippen LogP contribution in [0.25, 0.3) is 44.5 Å². The van der Waals surface area contributed by atoms with E-state index in [2.05, 4.69) is 167 Å². The van der Waals surface area contributed by atoms with Gasteiger partial charge in [-0.2, -0.15) is 0 Å². The summed E-state index contributed by atoms with van der Waals surface area (Å²) < 4.78 is 1.11. The second-order valence-corrected chi connectivity index (χ2v) is 14.6. The van der Waals surface area contributed by atoms with Gasteiger partial charge in [0.2, 0.25) is 0 Å². The normalized spacial score (nSPS) is 13.3. The maximum absolute atomic E-state index is 3.58. The van der Waals surface area contributed by atoms with Gasteiger partial charge in [-0.05, 0) is 122 Å². The number of unbranched alkanes of at least 4 members (excludes halogenated alkanes) is 2. The van der Waals surface area contributed by atoms with E-state index < -0.39 is 0 Å². The van der Waals surface area contributed by atoms with Crippen LogP contribution in [-0.4, -0.2) is 0 Å². The zero-order chi connectivity index (χ0) is 33.3. The van der Waals surface area contributed by atoms with Crippen LogP contribution >= 0.6 is 15.9 Å². The largest absolute Gasteiger partial charge is 0.0654 e. The number of hydrogen-bond acceptors (Lipinski definition) is 0. The lowest BCUT2D eigenvalue weighted by molar-refractivity contribution is 0.618. The second-order valence-electron chi connectivity index (χ2n) is 13.7. The van der Waals surface area contributed by atoms with Crippen LogP contribution in [0.3, 0.4) is 0 Å². The summed E-state index contributed by atoms with van der Waals surface area (Å²) in [5.74, 6) is 1.57. The third-order valence-corrected chi connectivity index (χ3v) is 10.8. The quantitative estimate of drug-likeness (QED) is 0.109. The molecule has 0 aliphatic heterocycles. The van der Waals surface area contributed by atoms with Crippen LogP contribution in [0.5, 0.6) is 0 Å². The first kappa shape index (κ1) is 34.9. The van der Waals surface area contributed by atoms with E-state index in [1.54, 1.807) is 0 Å². The van der Waals surface area contributed by atoms with Gasteiger partial charge in [0.15, 0.2) is 0 Å². The van der Waals surface area contributed by atoms with Crippen molar-refractivity contribution in [2.24, 2.45) is 0 Å². The molecular formula is C46H53Br. The standard InChI is InChI=1S/C46H53Br/c1-7-10-12-33(5)43-31-46(41-24-20-38(21-25-41)39-26-28-42(47)29-27-39)44(34(6)13-11-8-2)30-45(43)40-22-18-37(19-23-40)36-16-14-35(15-17-36)32(4)9-3/h14-34H,7-13H2,1-6H3. The Morgan fingerprint density at radius 3 is 1.15 bits per heavy atom. The topological polar surface area (TPSA) is 0 Å². The van der Waals surface area contributed by atoms with Crippen LogP contribution < -0.4 is 0 Å². The molecular weight excluding hydrogens is 632 g/mol. The van der Waals surface area contributed by atoms with Crippen LogP contribution in [0, 0.1) is 0 Å². The second kappa shape index (κ2) is 16.6. The molecule has 0 heterocycles. The maximum Gasteiger partial charge on any atom is 0.0175 e. The summed E-state index contributed by atoms with van der Waals surface area (Å²) in [5, 5.41) is 0. The molecule has 0 saturated carbocycles. The molecule has 3 atom stereocenters. The highest BCUT2D eigenvalue weighted by atomic mass is 79.9. The first-order valence-corrected chi connectivity index (χ1v) is 18.9. The summed E-state index contributed by atoms with van der Waals surface area (Å²) in [6.07, 6.45) is 8.52. The van der Waals surface area contributed by atoms with Crippen molar-refractivity contribution in [3.05, 3.63) is 130 Å². The van der Waals surface area contributed by atoms with Crippen molar-refractivity contribution in [2.75, 3.05) is 0 Å². The van der Waals surface area contributed by atoms with E-state index in [-0.39, 0.29) is 0 Å². The fourth-order valence-electron chi connectivity index (χ4n) is 6.85. The highest BCUT2D eigenvalue weighted by Crippen LogP contribution is 2.42. The van der Waals surface area contributed by atoms with E-state index in [0.717, 1.165) is 4.47 Å². The van der Waals surface area contributed by atoms with Gasteiger partial charge in [0.1, 0.15) is 0 Å². The van der Waals surface area contributed by atoms with Crippen LogP contribution in [0.15, 0.2) is 114 Å². The average Bonchev–Trinajstić information content (AvgIpc) is 3.12. The molecule has 0 N–H and O–H groups in total. The van der Waals surface area contributed by atoms with Gasteiger partial charge in [0.05, 0.1) is 0 Å². The highest BCUT2D eigenvalue weighted by molar-refractivity contribution is 9.10. The number of rotatable bonds is 14. The van der Waals surface area contributed by atoms with Gasteiger partial charge in [0, 0.05) is 4.47 Å². The summed E-state index contributed by atoms with van der Waals surface area (Å²) in [7, 11) is 0. The Morgan fingerprint density at radius 1 is 0.447 bits per heavy atom. The van der Waals surface area contributed by atoms with E-state index in [1.165, 1.54) is 106 Å². The number of halogens is 1. The van der Waals surface area contributed by atoms with Crippen molar-refractivity contribution in [2.45, 2.75) is 104 Å². The summed E-state index contributed by atoms with van der Waals surface area (Å²) in [5.41, 5.74) is 14.9. The van der Waals surface area contributed by atoms with Crippen molar-refractivity contribution in [1.82, 2.24) is 0 Å². The van der Waals surface area contributed by atoms with Gasteiger partial charge in [-0.1, -0.05) is 168 Å². The fraction of sp³-hybridized carbons (Fsp3) is 0.348. The molecule has 0 aromatic heterocycles. The molecule has 0 aliphatic carbocycles. The smallest absolute Gasteiger partial charge is 0.0175 e. The third kappa shape index (κ3) is 8.55. The van der Waals surface area contributed by atoms with Crippen molar-refractivity contribution < 1.29 is 0 Å². The zero-order valence-electron chi connectivity index (χ0n) is 29.5. The molecule has 0 radical (unpaired) electrons. The summed E-state index contributed by atoms with van der Waals surface area (Å²) in [4.78, 5) is 0. The Kier molecular flexibility index (Phi) is 12.3. The van der Waals surface area contributed by atoms with E-state index in [1.807, 2.05) is 0 Å². The van der Waals surface area contributed by atoms with Gasteiger partial charge >= 0.3 is 0 Å². The van der Waals surface area contributed by atoms with Crippen LogP contribution in [0.4, 0.5) is 0 Å². The molecule has 5 rings (SSSR count). The third-order valence-electron chi connectivity index (χ3n) is 10.3.